The van der Waals surface area contributed by atoms with Crippen molar-refractivity contribution in [2.24, 2.45) is 0 Å². The molecular weight excluding hydrogens is 384 g/mol. The van der Waals surface area contributed by atoms with Gasteiger partial charge in [-0.3, -0.25) is 4.79 Å². The highest BCUT2D eigenvalue weighted by Crippen LogP contribution is 2.25. The van der Waals surface area contributed by atoms with Crippen molar-refractivity contribution in [3.63, 3.8) is 0 Å². The van der Waals surface area contributed by atoms with Gasteiger partial charge in [0, 0.05) is 30.8 Å². The fourth-order valence-corrected chi connectivity index (χ4v) is 3.36. The average Bonchev–Trinajstić information content (AvgIpc) is 3.43. The first-order valence-electron chi connectivity index (χ1n) is 10.1. The fourth-order valence-electron chi connectivity index (χ4n) is 3.36. The van der Waals surface area contributed by atoms with Crippen molar-refractivity contribution in [2.45, 2.75) is 51.9 Å². The predicted octanol–water partition coefficient (Wildman–Crippen LogP) is 3.60. The van der Waals surface area contributed by atoms with E-state index in [2.05, 4.69) is 20.4 Å². The highest BCUT2D eigenvalue weighted by atomic mass is 16.5. The van der Waals surface area contributed by atoms with Crippen LogP contribution in [-0.2, 0) is 13.2 Å². The first-order valence-corrected chi connectivity index (χ1v) is 10.1. The van der Waals surface area contributed by atoms with Crippen molar-refractivity contribution >= 4 is 5.91 Å². The summed E-state index contributed by atoms with van der Waals surface area (Å²) < 4.78 is 16.5. The van der Waals surface area contributed by atoms with Crippen LogP contribution in [0.1, 0.15) is 53.3 Å². The number of nitrogens with zero attached hydrogens (tertiary/aromatic N) is 3. The zero-order valence-corrected chi connectivity index (χ0v) is 16.8. The lowest BCUT2D eigenvalue weighted by atomic mass is 10.2. The molecule has 2 heterocycles. The molecule has 1 N–H and O–H groups in total. The second kappa shape index (κ2) is 9.39. The van der Waals surface area contributed by atoms with E-state index >= 15 is 0 Å². The molecular formula is C22H24N4O4. The quantitative estimate of drug-likeness (QED) is 0.608. The number of carbonyl (C=O) groups is 1. The van der Waals surface area contributed by atoms with Crippen molar-refractivity contribution in [1.82, 2.24) is 20.4 Å². The van der Waals surface area contributed by atoms with Crippen molar-refractivity contribution in [3.05, 3.63) is 65.4 Å². The number of nitrogens with one attached hydrogen (secondary N) is 1. The molecule has 4 rings (SSSR count). The second-order valence-corrected chi connectivity index (χ2v) is 7.22. The molecule has 0 unspecified atom stereocenters. The monoisotopic (exact) mass is 408 g/mol. The van der Waals surface area contributed by atoms with E-state index in [0.29, 0.717) is 35.5 Å². The van der Waals surface area contributed by atoms with Crippen LogP contribution in [0, 0.1) is 6.92 Å². The number of hydrogen-bond donors (Lipinski definition) is 1. The van der Waals surface area contributed by atoms with Crippen LogP contribution in [-0.4, -0.2) is 27.1 Å². The second-order valence-electron chi connectivity index (χ2n) is 7.22. The molecule has 0 aliphatic heterocycles. The Morgan fingerprint density at radius 1 is 1.20 bits per heavy atom. The van der Waals surface area contributed by atoms with Gasteiger partial charge in [0.25, 0.3) is 5.91 Å². The fraction of sp³-hybridized carbons (Fsp3) is 0.364. The molecule has 0 saturated heterocycles. The number of rotatable bonds is 8. The van der Waals surface area contributed by atoms with Crippen LogP contribution in [0.4, 0.5) is 0 Å². The molecule has 1 saturated carbocycles. The van der Waals surface area contributed by atoms with Crippen LogP contribution >= 0.6 is 0 Å². The number of pyridine rings is 1. The largest absolute Gasteiger partial charge is 0.485 e. The molecule has 1 amide bonds. The third-order valence-corrected chi connectivity index (χ3v) is 4.92. The summed E-state index contributed by atoms with van der Waals surface area (Å²) in [6.07, 6.45) is 6.44. The van der Waals surface area contributed by atoms with Crippen LogP contribution in [0.15, 0.2) is 47.1 Å². The van der Waals surface area contributed by atoms with Gasteiger partial charge in [0.05, 0.1) is 0 Å². The summed E-state index contributed by atoms with van der Waals surface area (Å²) >= 11 is 0. The normalized spacial score (nSPS) is 13.9. The van der Waals surface area contributed by atoms with Gasteiger partial charge in [-0.2, -0.15) is 4.98 Å². The molecule has 0 spiro atoms. The molecule has 1 aliphatic carbocycles. The smallest absolute Gasteiger partial charge is 0.251 e. The maximum absolute atomic E-state index is 12.5. The van der Waals surface area contributed by atoms with Gasteiger partial charge in [-0.1, -0.05) is 11.2 Å². The molecule has 1 aromatic carbocycles. The number of carbonyl (C=O) groups excluding carboxylic acids is 1. The summed E-state index contributed by atoms with van der Waals surface area (Å²) in [6.45, 7) is 2.27. The molecule has 8 heteroatoms. The zero-order chi connectivity index (χ0) is 20.8. The van der Waals surface area contributed by atoms with Crippen LogP contribution in [0.2, 0.25) is 0 Å². The number of aryl methyl sites for hydroxylation is 1. The van der Waals surface area contributed by atoms with E-state index in [1.54, 1.807) is 37.4 Å². The van der Waals surface area contributed by atoms with Gasteiger partial charge in [0.2, 0.25) is 17.6 Å². The Bertz CT molecular complexity index is 981. The summed E-state index contributed by atoms with van der Waals surface area (Å²) in [7, 11) is 0. The Kier molecular flexibility index (Phi) is 6.22. The minimum absolute atomic E-state index is 0.175. The van der Waals surface area contributed by atoms with E-state index in [1.165, 1.54) is 12.8 Å². The maximum Gasteiger partial charge on any atom is 0.251 e. The highest BCUT2D eigenvalue weighted by Gasteiger charge is 2.19. The van der Waals surface area contributed by atoms with Crippen LogP contribution < -0.4 is 14.8 Å². The molecule has 2 aromatic heterocycles. The van der Waals surface area contributed by atoms with Crippen molar-refractivity contribution < 1.29 is 18.8 Å². The molecule has 3 aromatic rings. The van der Waals surface area contributed by atoms with E-state index in [4.69, 9.17) is 14.0 Å². The van der Waals surface area contributed by atoms with Crippen LogP contribution in [0.5, 0.6) is 11.6 Å². The maximum atomic E-state index is 12.5. The SMILES string of the molecule is Cc1nc(COc2ccc(C(=O)NCc3cccnc3OC3CCCC3)cc2)no1. The number of aromatic nitrogens is 3. The Labute approximate surface area is 174 Å². The van der Waals surface area contributed by atoms with Crippen molar-refractivity contribution in [3.8, 4) is 11.6 Å². The molecule has 8 nitrogen and oxygen atoms in total. The van der Waals surface area contributed by atoms with Gasteiger partial charge in [0.1, 0.15) is 11.9 Å². The summed E-state index contributed by atoms with van der Waals surface area (Å²) in [5.74, 6) is 2.01. The highest BCUT2D eigenvalue weighted by molar-refractivity contribution is 5.94. The zero-order valence-electron chi connectivity index (χ0n) is 16.8. The number of benzene rings is 1. The molecule has 1 fully saturated rings. The lowest BCUT2D eigenvalue weighted by Crippen LogP contribution is -2.23. The third-order valence-electron chi connectivity index (χ3n) is 4.92. The first-order chi connectivity index (χ1) is 14.7. The van der Waals surface area contributed by atoms with Crippen molar-refractivity contribution in [2.75, 3.05) is 0 Å². The van der Waals surface area contributed by atoms with Crippen molar-refractivity contribution in [1.29, 1.82) is 0 Å². The molecule has 0 atom stereocenters. The van der Waals surface area contributed by atoms with Crippen LogP contribution in [0.3, 0.4) is 0 Å². The first kappa shape index (κ1) is 19.9. The van der Waals surface area contributed by atoms with Gasteiger partial charge in [-0.25, -0.2) is 4.98 Å². The number of hydrogen-bond acceptors (Lipinski definition) is 7. The Morgan fingerprint density at radius 3 is 2.73 bits per heavy atom. The lowest BCUT2D eigenvalue weighted by molar-refractivity contribution is 0.0950. The van der Waals surface area contributed by atoms with Gasteiger partial charge < -0.3 is 19.3 Å². The average molecular weight is 408 g/mol. The Hall–Kier alpha value is -3.42. The minimum atomic E-state index is -0.175. The number of ether oxygens (including phenoxy) is 2. The van der Waals surface area contributed by atoms with E-state index in [0.717, 1.165) is 18.4 Å². The molecule has 0 bridgehead atoms. The van der Waals surface area contributed by atoms with Gasteiger partial charge in [0.15, 0.2) is 6.61 Å². The van der Waals surface area contributed by atoms with E-state index in [1.807, 2.05) is 12.1 Å². The summed E-state index contributed by atoms with van der Waals surface area (Å²) in [6, 6.07) is 10.7. The van der Waals surface area contributed by atoms with Gasteiger partial charge in [-0.15, -0.1) is 0 Å². The Balaban J connectivity index is 1.31. The Morgan fingerprint density at radius 2 is 2.00 bits per heavy atom. The summed E-state index contributed by atoms with van der Waals surface area (Å²) in [4.78, 5) is 20.9. The van der Waals surface area contributed by atoms with Gasteiger partial charge >= 0.3 is 0 Å². The predicted molar refractivity (Wildman–Crippen MR) is 108 cm³/mol. The molecule has 156 valence electrons. The third kappa shape index (κ3) is 5.14. The molecule has 0 radical (unpaired) electrons. The molecule has 1 aliphatic rings. The van der Waals surface area contributed by atoms with Crippen LogP contribution in [0.25, 0.3) is 0 Å². The van der Waals surface area contributed by atoms with E-state index in [9.17, 15) is 4.79 Å². The minimum Gasteiger partial charge on any atom is -0.485 e. The van der Waals surface area contributed by atoms with E-state index < -0.39 is 0 Å². The standard InChI is InChI=1S/C22H24N4O4/c1-15-25-20(26-30-15)14-28-18-10-8-16(9-11-18)21(27)24-13-17-5-4-12-23-22(17)29-19-6-2-3-7-19/h4-5,8-12,19H,2-3,6-7,13-14H2,1H3,(H,24,27). The topological polar surface area (TPSA) is 99.4 Å². The lowest BCUT2D eigenvalue weighted by Gasteiger charge is -2.15. The summed E-state index contributed by atoms with van der Waals surface area (Å²) in [5, 5.41) is 6.71. The molecule has 30 heavy (non-hydrogen) atoms. The van der Waals surface area contributed by atoms with E-state index in [-0.39, 0.29) is 18.6 Å². The number of amides is 1. The van der Waals surface area contributed by atoms with Gasteiger partial charge in [-0.05, 0) is 56.0 Å². The summed E-state index contributed by atoms with van der Waals surface area (Å²) in [5.41, 5.74) is 1.41.